The van der Waals surface area contributed by atoms with Gasteiger partial charge in [-0.15, -0.1) is 0 Å². The minimum atomic E-state index is -1.02. The summed E-state index contributed by atoms with van der Waals surface area (Å²) in [5.41, 5.74) is 1.47. The fraction of sp³-hybridized carbons (Fsp3) is 0.263. The fourth-order valence-electron chi connectivity index (χ4n) is 2.47. The van der Waals surface area contributed by atoms with Crippen molar-refractivity contribution >= 4 is 17.6 Å². The van der Waals surface area contributed by atoms with Crippen LogP contribution < -0.4 is 19.7 Å². The van der Waals surface area contributed by atoms with E-state index in [4.69, 9.17) is 14.6 Å². The highest BCUT2D eigenvalue weighted by Gasteiger charge is 2.15. The van der Waals surface area contributed by atoms with Crippen LogP contribution in [0.3, 0.4) is 0 Å². The summed E-state index contributed by atoms with van der Waals surface area (Å²) in [5, 5.41) is 11.9. The number of para-hydroxylation sites is 1. The van der Waals surface area contributed by atoms with Crippen LogP contribution in [0.25, 0.3) is 0 Å². The minimum absolute atomic E-state index is 0.0756. The predicted molar refractivity (Wildman–Crippen MR) is 97.7 cm³/mol. The molecule has 0 aliphatic carbocycles. The van der Waals surface area contributed by atoms with Crippen molar-refractivity contribution in [2.24, 2.45) is 0 Å². The molecule has 0 heterocycles. The van der Waals surface area contributed by atoms with Gasteiger partial charge in [-0.25, -0.2) is 0 Å². The lowest BCUT2D eigenvalue weighted by atomic mass is 10.2. The first-order chi connectivity index (χ1) is 12.5. The average Bonchev–Trinajstić information content (AvgIpc) is 2.65. The molecule has 0 unspecified atom stereocenters. The summed E-state index contributed by atoms with van der Waals surface area (Å²) in [6.45, 7) is -0.0610. The summed E-state index contributed by atoms with van der Waals surface area (Å²) in [4.78, 5) is 24.9. The molecule has 1 amide bonds. The third kappa shape index (κ3) is 5.41. The van der Waals surface area contributed by atoms with E-state index in [-0.39, 0.29) is 19.0 Å². The van der Waals surface area contributed by atoms with Crippen molar-refractivity contribution in [3.05, 3.63) is 54.1 Å². The van der Waals surface area contributed by atoms with Gasteiger partial charge in [-0.05, 0) is 30.3 Å². The molecule has 0 spiro atoms. The van der Waals surface area contributed by atoms with E-state index in [2.05, 4.69) is 5.32 Å². The number of benzene rings is 2. The Balaban J connectivity index is 2.02. The number of carboxylic acids is 1. The Bertz CT molecular complexity index is 746. The molecule has 2 N–H and O–H groups in total. The normalized spacial score (nSPS) is 10.1. The Morgan fingerprint density at radius 1 is 1.00 bits per heavy atom. The van der Waals surface area contributed by atoms with Gasteiger partial charge in [-0.1, -0.05) is 18.2 Å². The third-order valence-corrected chi connectivity index (χ3v) is 3.77. The second-order valence-electron chi connectivity index (χ2n) is 5.54. The molecule has 0 atom stereocenters. The lowest BCUT2D eigenvalue weighted by Crippen LogP contribution is -2.39. The second-order valence-corrected chi connectivity index (χ2v) is 5.54. The summed E-state index contributed by atoms with van der Waals surface area (Å²) in [7, 11) is 3.12. The Morgan fingerprint density at radius 3 is 2.31 bits per heavy atom. The Hall–Kier alpha value is -3.22. The van der Waals surface area contributed by atoms with Gasteiger partial charge < -0.3 is 24.8 Å². The monoisotopic (exact) mass is 358 g/mol. The highest BCUT2D eigenvalue weighted by molar-refractivity contribution is 5.84. The van der Waals surface area contributed by atoms with Crippen LogP contribution in [-0.4, -0.2) is 44.3 Å². The van der Waals surface area contributed by atoms with Gasteiger partial charge in [0.1, 0.15) is 18.0 Å². The predicted octanol–water partition coefficient (Wildman–Crippen LogP) is 1.91. The van der Waals surface area contributed by atoms with Crippen LogP contribution >= 0.6 is 0 Å². The van der Waals surface area contributed by atoms with E-state index in [1.807, 2.05) is 24.3 Å². The lowest BCUT2D eigenvalue weighted by Gasteiger charge is -2.22. The molecule has 0 aliphatic rings. The van der Waals surface area contributed by atoms with E-state index >= 15 is 0 Å². The number of anilines is 1. The molecule has 0 saturated carbocycles. The van der Waals surface area contributed by atoms with Crippen LogP contribution in [0, 0.1) is 0 Å². The first-order valence-electron chi connectivity index (χ1n) is 8.03. The molecule has 26 heavy (non-hydrogen) atoms. The summed E-state index contributed by atoms with van der Waals surface area (Å²) >= 11 is 0. The smallest absolute Gasteiger partial charge is 0.323 e. The van der Waals surface area contributed by atoms with Crippen molar-refractivity contribution in [3.8, 4) is 11.5 Å². The van der Waals surface area contributed by atoms with Gasteiger partial charge in [0.2, 0.25) is 5.91 Å². The molecule has 7 heteroatoms. The third-order valence-electron chi connectivity index (χ3n) is 3.77. The number of aliphatic carboxylic acids is 1. The maximum absolute atomic E-state index is 12.3. The van der Waals surface area contributed by atoms with Gasteiger partial charge in [-0.3, -0.25) is 9.59 Å². The standard InChI is InChI=1S/C19H22N2O5/c1-25-16-9-7-15(8-10-16)21(13-19(23)24)12-18(22)20-11-14-5-3-4-6-17(14)26-2/h3-10H,11-13H2,1-2H3,(H,20,22)(H,23,24). The van der Waals surface area contributed by atoms with Crippen molar-refractivity contribution in [2.75, 3.05) is 32.2 Å². The Labute approximate surface area is 152 Å². The van der Waals surface area contributed by atoms with E-state index in [9.17, 15) is 9.59 Å². The molecule has 0 saturated heterocycles. The van der Waals surface area contributed by atoms with Crippen molar-refractivity contribution < 1.29 is 24.2 Å². The molecule has 0 fully saturated rings. The topological polar surface area (TPSA) is 88.1 Å². The molecule has 7 nitrogen and oxygen atoms in total. The number of amides is 1. The molecular weight excluding hydrogens is 336 g/mol. The van der Waals surface area contributed by atoms with Gasteiger partial charge in [0, 0.05) is 17.8 Å². The number of carbonyl (C=O) groups excluding carboxylic acids is 1. The molecule has 2 aromatic rings. The minimum Gasteiger partial charge on any atom is -0.497 e. The van der Waals surface area contributed by atoms with Crippen LogP contribution in [-0.2, 0) is 16.1 Å². The largest absolute Gasteiger partial charge is 0.497 e. The average molecular weight is 358 g/mol. The van der Waals surface area contributed by atoms with Gasteiger partial charge >= 0.3 is 5.97 Å². The maximum Gasteiger partial charge on any atom is 0.323 e. The number of nitrogens with one attached hydrogen (secondary N) is 1. The molecule has 0 aromatic heterocycles. The van der Waals surface area contributed by atoms with Gasteiger partial charge in [0.15, 0.2) is 0 Å². The summed E-state index contributed by atoms with van der Waals surface area (Å²) < 4.78 is 10.3. The van der Waals surface area contributed by atoms with Gasteiger partial charge in [0.05, 0.1) is 20.8 Å². The SMILES string of the molecule is COc1ccc(N(CC(=O)O)CC(=O)NCc2ccccc2OC)cc1. The van der Waals surface area contributed by atoms with Crippen molar-refractivity contribution in [1.29, 1.82) is 0 Å². The number of nitrogens with zero attached hydrogens (tertiary/aromatic N) is 1. The van der Waals surface area contributed by atoms with E-state index < -0.39 is 5.97 Å². The Kier molecular flexibility index (Phi) is 6.84. The molecule has 138 valence electrons. The Morgan fingerprint density at radius 2 is 1.69 bits per heavy atom. The number of carbonyl (C=O) groups is 2. The van der Waals surface area contributed by atoms with Gasteiger partial charge in [-0.2, -0.15) is 0 Å². The zero-order chi connectivity index (χ0) is 18.9. The second kappa shape index (κ2) is 9.31. The zero-order valence-electron chi connectivity index (χ0n) is 14.8. The molecular formula is C19H22N2O5. The highest BCUT2D eigenvalue weighted by Crippen LogP contribution is 2.19. The lowest BCUT2D eigenvalue weighted by molar-refractivity contribution is -0.135. The van der Waals surface area contributed by atoms with Crippen LogP contribution in [0.15, 0.2) is 48.5 Å². The van der Waals surface area contributed by atoms with E-state index in [1.54, 1.807) is 38.5 Å². The number of rotatable bonds is 9. The van der Waals surface area contributed by atoms with Crippen LogP contribution in [0.4, 0.5) is 5.69 Å². The van der Waals surface area contributed by atoms with Crippen LogP contribution in [0.2, 0.25) is 0 Å². The quantitative estimate of drug-likeness (QED) is 0.712. The van der Waals surface area contributed by atoms with Crippen molar-refractivity contribution in [1.82, 2.24) is 5.32 Å². The number of carboxylic acid groups (broad SMARTS) is 1. The molecule has 2 rings (SSSR count). The number of ether oxygens (including phenoxy) is 2. The maximum atomic E-state index is 12.3. The molecule has 0 bridgehead atoms. The first kappa shape index (κ1) is 19.1. The fourth-order valence-corrected chi connectivity index (χ4v) is 2.47. The number of hydrogen-bond donors (Lipinski definition) is 2. The number of methoxy groups -OCH3 is 2. The van der Waals surface area contributed by atoms with Crippen LogP contribution in [0.1, 0.15) is 5.56 Å². The summed E-state index contributed by atoms with van der Waals surface area (Å²) in [6, 6.07) is 14.3. The highest BCUT2D eigenvalue weighted by atomic mass is 16.5. The van der Waals surface area contributed by atoms with E-state index in [0.29, 0.717) is 23.7 Å². The van der Waals surface area contributed by atoms with Crippen LogP contribution in [0.5, 0.6) is 11.5 Å². The van der Waals surface area contributed by atoms with E-state index in [1.165, 1.54) is 4.90 Å². The molecule has 0 radical (unpaired) electrons. The van der Waals surface area contributed by atoms with Crippen molar-refractivity contribution in [2.45, 2.75) is 6.54 Å². The molecule has 0 aliphatic heterocycles. The summed E-state index contributed by atoms with van der Waals surface area (Å²) in [5.74, 6) is 0.0429. The summed E-state index contributed by atoms with van der Waals surface area (Å²) in [6.07, 6.45) is 0. The molecule has 2 aromatic carbocycles. The van der Waals surface area contributed by atoms with Gasteiger partial charge in [0.25, 0.3) is 0 Å². The van der Waals surface area contributed by atoms with Crippen molar-refractivity contribution in [3.63, 3.8) is 0 Å². The van der Waals surface area contributed by atoms with E-state index in [0.717, 1.165) is 5.56 Å². The first-order valence-corrected chi connectivity index (χ1v) is 8.03. The number of hydrogen-bond acceptors (Lipinski definition) is 5. The zero-order valence-corrected chi connectivity index (χ0v) is 14.8.